The predicted octanol–water partition coefficient (Wildman–Crippen LogP) is 2.95. The number of para-hydroxylation sites is 1. The molecule has 1 aliphatic rings. The van der Waals surface area contributed by atoms with Crippen LogP contribution in [0.2, 0.25) is 0 Å². The molecule has 21 heavy (non-hydrogen) atoms. The van der Waals surface area contributed by atoms with E-state index in [9.17, 15) is 9.18 Å². The lowest BCUT2D eigenvalue weighted by Gasteiger charge is -2.22. The van der Waals surface area contributed by atoms with Gasteiger partial charge >= 0.3 is 0 Å². The summed E-state index contributed by atoms with van der Waals surface area (Å²) in [7, 11) is 0. The minimum atomic E-state index is -0.403. The zero-order valence-electron chi connectivity index (χ0n) is 12.5. The molecule has 1 saturated heterocycles. The normalized spacial score (nSPS) is 18.3. The fourth-order valence-electron chi connectivity index (χ4n) is 2.55. The molecule has 1 amide bonds. The van der Waals surface area contributed by atoms with Crippen molar-refractivity contribution >= 4 is 11.6 Å². The van der Waals surface area contributed by atoms with Gasteiger partial charge in [0.2, 0.25) is 0 Å². The van der Waals surface area contributed by atoms with Crippen LogP contribution in [0.15, 0.2) is 18.2 Å². The average Bonchev–Trinajstić information content (AvgIpc) is 2.50. The molecule has 0 spiro atoms. The maximum absolute atomic E-state index is 13.7. The minimum Gasteiger partial charge on any atom is -0.382 e. The zero-order chi connectivity index (χ0) is 15.1. The summed E-state index contributed by atoms with van der Waals surface area (Å²) in [5.74, 6) is -0.652. The first-order chi connectivity index (χ1) is 10.2. The fraction of sp³-hybridized carbons (Fsp3) is 0.562. The van der Waals surface area contributed by atoms with Gasteiger partial charge in [-0.25, -0.2) is 4.39 Å². The van der Waals surface area contributed by atoms with Crippen LogP contribution in [0, 0.1) is 5.82 Å². The highest BCUT2D eigenvalue weighted by molar-refractivity contribution is 5.99. The van der Waals surface area contributed by atoms with Crippen LogP contribution in [0.4, 0.5) is 10.1 Å². The molecule has 116 valence electrons. The molecule has 1 aliphatic heterocycles. The van der Waals surface area contributed by atoms with E-state index in [1.54, 1.807) is 12.1 Å². The molecule has 4 nitrogen and oxygen atoms in total. The maximum Gasteiger partial charge on any atom is 0.253 e. The molecule has 1 aromatic rings. The second-order valence-electron chi connectivity index (χ2n) is 5.23. The highest BCUT2D eigenvalue weighted by atomic mass is 19.1. The van der Waals surface area contributed by atoms with Gasteiger partial charge in [0.15, 0.2) is 0 Å². The van der Waals surface area contributed by atoms with Gasteiger partial charge in [-0.3, -0.25) is 4.79 Å². The van der Waals surface area contributed by atoms with Crippen molar-refractivity contribution in [1.29, 1.82) is 0 Å². The molecular formula is C16H23FN2O2. The van der Waals surface area contributed by atoms with Crippen LogP contribution in [0.3, 0.4) is 0 Å². The quantitative estimate of drug-likeness (QED) is 0.848. The Hall–Kier alpha value is -1.62. The molecule has 0 aliphatic carbocycles. The zero-order valence-corrected chi connectivity index (χ0v) is 12.5. The number of halogens is 1. The molecular weight excluding hydrogens is 271 g/mol. The first-order valence-electron chi connectivity index (χ1n) is 7.64. The van der Waals surface area contributed by atoms with Gasteiger partial charge in [-0.1, -0.05) is 6.07 Å². The summed E-state index contributed by atoms with van der Waals surface area (Å²) < 4.78 is 19.4. The Morgan fingerprint density at radius 1 is 1.43 bits per heavy atom. The summed E-state index contributed by atoms with van der Waals surface area (Å²) >= 11 is 0. The van der Waals surface area contributed by atoms with E-state index in [4.69, 9.17) is 4.74 Å². The van der Waals surface area contributed by atoms with Crippen LogP contribution < -0.4 is 10.6 Å². The van der Waals surface area contributed by atoms with Crippen molar-refractivity contribution < 1.29 is 13.9 Å². The Morgan fingerprint density at radius 3 is 3.00 bits per heavy atom. The van der Waals surface area contributed by atoms with Crippen LogP contribution >= 0.6 is 0 Å². The Labute approximate surface area is 125 Å². The van der Waals surface area contributed by atoms with Crippen molar-refractivity contribution in [3.63, 3.8) is 0 Å². The first-order valence-corrected chi connectivity index (χ1v) is 7.64. The number of hydrogen-bond acceptors (Lipinski definition) is 3. The van der Waals surface area contributed by atoms with E-state index in [2.05, 4.69) is 10.6 Å². The van der Waals surface area contributed by atoms with Gasteiger partial charge in [-0.15, -0.1) is 0 Å². The van der Waals surface area contributed by atoms with E-state index in [1.807, 2.05) is 6.92 Å². The van der Waals surface area contributed by atoms with Gasteiger partial charge < -0.3 is 15.4 Å². The van der Waals surface area contributed by atoms with Gasteiger partial charge in [0, 0.05) is 19.7 Å². The molecule has 0 saturated carbocycles. The van der Waals surface area contributed by atoms with Gasteiger partial charge in [-0.2, -0.15) is 0 Å². The molecule has 2 rings (SSSR count). The molecule has 1 aromatic carbocycles. The van der Waals surface area contributed by atoms with E-state index < -0.39 is 5.82 Å². The number of amides is 1. The number of ether oxygens (including phenoxy) is 1. The lowest BCUT2D eigenvalue weighted by Crippen LogP contribution is -2.30. The predicted molar refractivity (Wildman–Crippen MR) is 81.1 cm³/mol. The summed E-state index contributed by atoms with van der Waals surface area (Å²) in [6.45, 7) is 3.80. The lowest BCUT2D eigenvalue weighted by atomic mass is 10.1. The lowest BCUT2D eigenvalue weighted by molar-refractivity contribution is 0.0117. The summed E-state index contributed by atoms with van der Waals surface area (Å²) in [5, 5.41) is 5.75. The number of anilines is 1. The van der Waals surface area contributed by atoms with E-state index in [-0.39, 0.29) is 17.7 Å². The van der Waals surface area contributed by atoms with Gasteiger partial charge in [-0.05, 0) is 44.7 Å². The second kappa shape index (κ2) is 7.98. The Balaban J connectivity index is 1.89. The standard InChI is InChI=1S/C16H23FN2O2/c1-2-18-15-13(7-5-8-14(15)17)16(20)19-10-9-12-6-3-4-11-21-12/h5,7-8,12,18H,2-4,6,9-11H2,1H3,(H,19,20). The van der Waals surface area contributed by atoms with Crippen molar-refractivity contribution in [3.8, 4) is 0 Å². The molecule has 1 unspecified atom stereocenters. The fourth-order valence-corrected chi connectivity index (χ4v) is 2.55. The number of nitrogens with one attached hydrogen (secondary N) is 2. The molecule has 0 aromatic heterocycles. The molecule has 0 radical (unpaired) electrons. The van der Waals surface area contributed by atoms with Crippen molar-refractivity contribution in [2.45, 2.75) is 38.7 Å². The van der Waals surface area contributed by atoms with Crippen molar-refractivity contribution in [1.82, 2.24) is 5.32 Å². The summed E-state index contributed by atoms with van der Waals surface area (Å²) in [6, 6.07) is 4.54. The monoisotopic (exact) mass is 294 g/mol. The molecule has 0 bridgehead atoms. The smallest absolute Gasteiger partial charge is 0.253 e. The Morgan fingerprint density at radius 2 is 2.29 bits per heavy atom. The van der Waals surface area contributed by atoms with Crippen LogP contribution in [0.1, 0.15) is 43.0 Å². The highest BCUT2D eigenvalue weighted by Crippen LogP contribution is 2.20. The Bertz CT molecular complexity index is 473. The SMILES string of the molecule is CCNc1c(F)cccc1C(=O)NCCC1CCCCO1. The van der Waals surface area contributed by atoms with Gasteiger partial charge in [0.25, 0.3) is 5.91 Å². The van der Waals surface area contributed by atoms with Crippen molar-refractivity contribution in [2.75, 3.05) is 25.0 Å². The summed E-state index contributed by atoms with van der Waals surface area (Å²) in [5.41, 5.74) is 0.618. The number of carbonyl (C=O) groups excluding carboxylic acids is 1. The average molecular weight is 294 g/mol. The molecule has 1 fully saturated rings. The summed E-state index contributed by atoms with van der Waals surface area (Å²) in [4.78, 5) is 12.2. The third-order valence-corrected chi connectivity index (χ3v) is 3.64. The molecule has 1 atom stereocenters. The molecule has 1 heterocycles. The van der Waals surface area contributed by atoms with Gasteiger partial charge in [0.05, 0.1) is 17.4 Å². The topological polar surface area (TPSA) is 50.4 Å². The number of rotatable bonds is 6. The van der Waals surface area contributed by atoms with E-state index >= 15 is 0 Å². The molecule has 2 N–H and O–H groups in total. The second-order valence-corrected chi connectivity index (χ2v) is 5.23. The van der Waals surface area contributed by atoms with Crippen LogP contribution in [-0.4, -0.2) is 31.7 Å². The molecule has 5 heteroatoms. The van der Waals surface area contributed by atoms with Crippen molar-refractivity contribution in [2.24, 2.45) is 0 Å². The number of hydrogen-bond donors (Lipinski definition) is 2. The van der Waals surface area contributed by atoms with Crippen LogP contribution in [-0.2, 0) is 4.74 Å². The van der Waals surface area contributed by atoms with E-state index in [0.29, 0.717) is 18.7 Å². The van der Waals surface area contributed by atoms with Crippen molar-refractivity contribution in [3.05, 3.63) is 29.6 Å². The van der Waals surface area contributed by atoms with Gasteiger partial charge in [0.1, 0.15) is 5.82 Å². The van der Waals surface area contributed by atoms with Crippen LogP contribution in [0.5, 0.6) is 0 Å². The minimum absolute atomic E-state index is 0.236. The third-order valence-electron chi connectivity index (χ3n) is 3.64. The third kappa shape index (κ3) is 4.43. The first kappa shape index (κ1) is 15.8. The summed E-state index contributed by atoms with van der Waals surface area (Å²) in [6.07, 6.45) is 4.40. The van der Waals surface area contributed by atoms with E-state index in [0.717, 1.165) is 25.9 Å². The van der Waals surface area contributed by atoms with Crippen LogP contribution in [0.25, 0.3) is 0 Å². The highest BCUT2D eigenvalue weighted by Gasteiger charge is 2.16. The largest absolute Gasteiger partial charge is 0.382 e. The number of carbonyl (C=O) groups is 1. The maximum atomic E-state index is 13.7. The Kier molecular flexibility index (Phi) is 5.99. The van der Waals surface area contributed by atoms with E-state index in [1.165, 1.54) is 12.5 Å². The number of benzene rings is 1.